The molecular formula is C10H14O4. The molecule has 1 unspecified atom stereocenters. The highest BCUT2D eigenvalue weighted by molar-refractivity contribution is 6.21. The molecule has 0 aliphatic heterocycles. The minimum atomic E-state index is -1.34. The summed E-state index contributed by atoms with van der Waals surface area (Å²) in [6, 6.07) is 0. The van der Waals surface area contributed by atoms with Gasteiger partial charge in [-0.2, -0.15) is 0 Å². The fourth-order valence-corrected chi connectivity index (χ4v) is 0.930. The molecule has 0 aromatic carbocycles. The summed E-state index contributed by atoms with van der Waals surface area (Å²) in [4.78, 5) is 33.6. The molecule has 0 saturated carbocycles. The summed E-state index contributed by atoms with van der Waals surface area (Å²) in [6.45, 7) is 7.79. The van der Waals surface area contributed by atoms with Crippen molar-refractivity contribution in [2.75, 3.05) is 6.61 Å². The highest BCUT2D eigenvalue weighted by Gasteiger charge is 2.32. The van der Waals surface area contributed by atoms with E-state index in [9.17, 15) is 14.4 Å². The van der Waals surface area contributed by atoms with Crippen LogP contribution in [0.4, 0.5) is 0 Å². The van der Waals surface area contributed by atoms with Gasteiger partial charge in [0.15, 0.2) is 17.5 Å². The monoisotopic (exact) mass is 198 g/mol. The smallest absolute Gasteiger partial charge is 0.324 e. The molecule has 0 spiro atoms. The molecule has 78 valence electrons. The largest absolute Gasteiger partial charge is 0.465 e. The van der Waals surface area contributed by atoms with E-state index >= 15 is 0 Å². The van der Waals surface area contributed by atoms with Crippen LogP contribution in [-0.2, 0) is 19.1 Å². The van der Waals surface area contributed by atoms with E-state index in [0.717, 1.165) is 0 Å². The van der Waals surface area contributed by atoms with Gasteiger partial charge >= 0.3 is 5.97 Å². The average Bonchev–Trinajstić information content (AvgIpc) is 2.03. The Labute approximate surface area is 82.9 Å². The first kappa shape index (κ1) is 12.6. The Morgan fingerprint density at radius 3 is 2.07 bits per heavy atom. The number of allylic oxidation sites excluding steroid dienone is 1. The lowest BCUT2D eigenvalue weighted by molar-refractivity contribution is -0.153. The van der Waals surface area contributed by atoms with Crippen LogP contribution in [0, 0.1) is 5.92 Å². The maximum Gasteiger partial charge on any atom is 0.324 e. The van der Waals surface area contributed by atoms with E-state index in [1.165, 1.54) is 13.8 Å². The number of ketones is 2. The first-order valence-corrected chi connectivity index (χ1v) is 4.28. The van der Waals surface area contributed by atoms with E-state index in [1.807, 2.05) is 0 Å². The van der Waals surface area contributed by atoms with Gasteiger partial charge in [-0.15, -0.1) is 0 Å². The number of ether oxygens (including phenoxy) is 1. The predicted octanol–water partition coefficient (Wildman–Crippen LogP) is 0.900. The number of carbonyl (C=O) groups is 3. The average molecular weight is 198 g/mol. The quantitative estimate of drug-likeness (QED) is 0.374. The number of Topliss-reactive ketones (excluding diaryl/α,β-unsaturated/α-hetero) is 2. The highest BCUT2D eigenvalue weighted by Crippen LogP contribution is 2.09. The first-order valence-electron chi connectivity index (χ1n) is 4.28. The maximum atomic E-state index is 11.4. The summed E-state index contributed by atoms with van der Waals surface area (Å²) < 4.78 is 4.61. The minimum absolute atomic E-state index is 0.145. The van der Waals surface area contributed by atoms with Crippen molar-refractivity contribution in [1.82, 2.24) is 0 Å². The molecule has 0 aliphatic rings. The molecule has 14 heavy (non-hydrogen) atoms. The molecule has 0 aromatic heterocycles. The number of hydrogen-bond acceptors (Lipinski definition) is 4. The molecule has 0 rings (SSSR count). The Bertz CT molecular complexity index is 278. The van der Waals surface area contributed by atoms with Crippen LogP contribution in [0.3, 0.4) is 0 Å². The zero-order valence-corrected chi connectivity index (χ0v) is 8.62. The van der Waals surface area contributed by atoms with Gasteiger partial charge in [-0.25, -0.2) is 0 Å². The van der Waals surface area contributed by atoms with Gasteiger partial charge in [0.05, 0.1) is 6.61 Å². The Morgan fingerprint density at radius 2 is 1.79 bits per heavy atom. The number of rotatable bonds is 5. The number of hydrogen-bond donors (Lipinski definition) is 0. The third kappa shape index (κ3) is 3.12. The van der Waals surface area contributed by atoms with Crippen LogP contribution >= 0.6 is 0 Å². The van der Waals surface area contributed by atoms with Gasteiger partial charge in [-0.05, 0) is 26.3 Å². The van der Waals surface area contributed by atoms with Crippen molar-refractivity contribution in [1.29, 1.82) is 0 Å². The molecule has 0 N–H and O–H groups in total. The van der Waals surface area contributed by atoms with E-state index in [2.05, 4.69) is 11.3 Å². The summed E-state index contributed by atoms with van der Waals surface area (Å²) in [7, 11) is 0. The summed E-state index contributed by atoms with van der Waals surface area (Å²) in [6.07, 6.45) is 0. The van der Waals surface area contributed by atoms with Crippen LogP contribution in [0.5, 0.6) is 0 Å². The minimum Gasteiger partial charge on any atom is -0.465 e. The van der Waals surface area contributed by atoms with Gasteiger partial charge in [0.25, 0.3) is 0 Å². The van der Waals surface area contributed by atoms with Crippen LogP contribution in [0.1, 0.15) is 20.8 Å². The fraction of sp³-hybridized carbons (Fsp3) is 0.500. The van der Waals surface area contributed by atoms with Crippen molar-refractivity contribution in [3.05, 3.63) is 12.2 Å². The maximum absolute atomic E-state index is 11.4. The lowest BCUT2D eigenvalue weighted by Gasteiger charge is -2.10. The van der Waals surface area contributed by atoms with Crippen molar-refractivity contribution in [2.45, 2.75) is 20.8 Å². The molecule has 0 aliphatic carbocycles. The Morgan fingerprint density at radius 1 is 1.29 bits per heavy atom. The van der Waals surface area contributed by atoms with Gasteiger partial charge in [-0.3, -0.25) is 14.4 Å². The van der Waals surface area contributed by atoms with Crippen LogP contribution in [0.25, 0.3) is 0 Å². The zero-order valence-electron chi connectivity index (χ0n) is 8.62. The van der Waals surface area contributed by atoms with Gasteiger partial charge < -0.3 is 4.74 Å². The molecule has 0 saturated heterocycles. The summed E-state index contributed by atoms with van der Waals surface area (Å²) in [5, 5.41) is 0. The van der Waals surface area contributed by atoms with Crippen LogP contribution < -0.4 is 0 Å². The molecule has 4 heteroatoms. The van der Waals surface area contributed by atoms with Crippen molar-refractivity contribution in [2.24, 2.45) is 5.92 Å². The SMILES string of the molecule is C=C(C)C(=O)C(C(C)=O)C(=O)OCC. The van der Waals surface area contributed by atoms with Crippen molar-refractivity contribution >= 4 is 17.5 Å². The molecular weight excluding hydrogens is 184 g/mol. The first-order chi connectivity index (χ1) is 6.41. The second-order valence-electron chi connectivity index (χ2n) is 2.94. The molecule has 0 amide bonds. The van der Waals surface area contributed by atoms with Gasteiger partial charge in [-0.1, -0.05) is 6.58 Å². The van der Waals surface area contributed by atoms with E-state index < -0.39 is 23.5 Å². The Balaban J connectivity index is 4.77. The van der Waals surface area contributed by atoms with Gasteiger partial charge in [0.2, 0.25) is 0 Å². The van der Waals surface area contributed by atoms with Crippen LogP contribution in [0.15, 0.2) is 12.2 Å². The van der Waals surface area contributed by atoms with E-state index in [4.69, 9.17) is 0 Å². The molecule has 0 bridgehead atoms. The molecule has 0 radical (unpaired) electrons. The van der Waals surface area contributed by atoms with Crippen LogP contribution in [0.2, 0.25) is 0 Å². The third-order valence-corrected chi connectivity index (χ3v) is 1.61. The second-order valence-corrected chi connectivity index (χ2v) is 2.94. The number of carbonyl (C=O) groups excluding carboxylic acids is 3. The molecule has 4 nitrogen and oxygen atoms in total. The topological polar surface area (TPSA) is 60.4 Å². The molecule has 1 atom stereocenters. The highest BCUT2D eigenvalue weighted by atomic mass is 16.5. The van der Waals surface area contributed by atoms with E-state index in [1.54, 1.807) is 6.92 Å². The molecule has 0 aromatic rings. The van der Waals surface area contributed by atoms with Crippen molar-refractivity contribution in [3.63, 3.8) is 0 Å². The fourth-order valence-electron chi connectivity index (χ4n) is 0.930. The zero-order chi connectivity index (χ0) is 11.3. The van der Waals surface area contributed by atoms with Crippen molar-refractivity contribution < 1.29 is 19.1 Å². The lowest BCUT2D eigenvalue weighted by Crippen LogP contribution is -2.32. The standard InChI is InChI=1S/C10H14O4/c1-5-14-10(13)8(7(4)11)9(12)6(2)3/h8H,2,5H2,1,3-4H3. The Kier molecular flexibility index (Phi) is 4.77. The normalized spacial score (nSPS) is 11.6. The second kappa shape index (κ2) is 5.32. The van der Waals surface area contributed by atoms with Gasteiger partial charge in [0.1, 0.15) is 0 Å². The van der Waals surface area contributed by atoms with Crippen LogP contribution in [-0.4, -0.2) is 24.1 Å². The Hall–Kier alpha value is -1.45. The predicted molar refractivity (Wildman–Crippen MR) is 50.6 cm³/mol. The third-order valence-electron chi connectivity index (χ3n) is 1.61. The summed E-state index contributed by atoms with van der Waals surface area (Å²) in [5.41, 5.74) is 0.179. The molecule has 0 heterocycles. The summed E-state index contributed by atoms with van der Waals surface area (Å²) in [5.74, 6) is -3.23. The summed E-state index contributed by atoms with van der Waals surface area (Å²) >= 11 is 0. The van der Waals surface area contributed by atoms with Crippen molar-refractivity contribution in [3.8, 4) is 0 Å². The number of esters is 1. The molecule has 0 fully saturated rings. The van der Waals surface area contributed by atoms with Gasteiger partial charge in [0, 0.05) is 0 Å². The van der Waals surface area contributed by atoms with E-state index in [-0.39, 0.29) is 12.2 Å². The van der Waals surface area contributed by atoms with E-state index in [0.29, 0.717) is 0 Å². The lowest BCUT2D eigenvalue weighted by atomic mass is 9.96.